The van der Waals surface area contributed by atoms with Crippen LogP contribution in [-0.4, -0.2) is 90.8 Å². The Morgan fingerprint density at radius 2 is 1.35 bits per heavy atom. The van der Waals surface area contributed by atoms with Crippen LogP contribution in [0, 0.1) is 23.7 Å². The first-order chi connectivity index (χ1) is 19.9. The third kappa shape index (κ3) is 11.4. The maximum atomic E-state index is 13.5. The fraction of sp³-hybridized carbons (Fsp3) is 0.719. The zero-order valence-corrected chi connectivity index (χ0v) is 28.2. The third-order valence-electron chi connectivity index (χ3n) is 7.21. The van der Waals surface area contributed by atoms with Gasteiger partial charge < -0.3 is 20.7 Å². The summed E-state index contributed by atoms with van der Waals surface area (Å²) >= 11 is 0. The SMILES string of the molecule is COC1=CC(=O)N(C(=O)/C=C/[C@H](C)NC(=O)[C@H](CC(C)C)NC(=O)[C@H](CC(C)C)NC(=O)[C@H](C(C)C)N(C)C)[C@H]1C(C)C. The van der Waals surface area contributed by atoms with Crippen LogP contribution < -0.4 is 16.0 Å². The zero-order chi connectivity index (χ0) is 33.2. The maximum Gasteiger partial charge on any atom is 0.257 e. The molecule has 5 atom stereocenters. The van der Waals surface area contributed by atoms with Gasteiger partial charge >= 0.3 is 0 Å². The van der Waals surface area contributed by atoms with E-state index in [-0.39, 0.29) is 29.6 Å². The molecule has 1 heterocycles. The maximum absolute atomic E-state index is 13.5. The number of amides is 5. The second kappa shape index (κ2) is 17.2. The fourth-order valence-electron chi connectivity index (χ4n) is 5.34. The van der Waals surface area contributed by atoms with Gasteiger partial charge in [0.1, 0.15) is 17.8 Å². The van der Waals surface area contributed by atoms with Gasteiger partial charge in [0.2, 0.25) is 17.7 Å². The minimum atomic E-state index is -0.848. The summed E-state index contributed by atoms with van der Waals surface area (Å²) in [6.45, 7) is 17.2. The van der Waals surface area contributed by atoms with Crippen molar-refractivity contribution in [3.05, 3.63) is 24.0 Å². The second-order valence-electron chi connectivity index (χ2n) is 13.2. The number of carbonyl (C=O) groups is 5. The van der Waals surface area contributed by atoms with Crippen molar-refractivity contribution in [2.45, 2.75) is 105 Å². The van der Waals surface area contributed by atoms with Crippen LogP contribution in [0.4, 0.5) is 0 Å². The Bertz CT molecular complexity index is 1040. The quantitative estimate of drug-likeness (QED) is 0.230. The molecule has 0 saturated carbocycles. The molecule has 1 aliphatic rings. The van der Waals surface area contributed by atoms with Crippen LogP contribution in [0.2, 0.25) is 0 Å². The van der Waals surface area contributed by atoms with Gasteiger partial charge in [0.05, 0.1) is 19.2 Å². The van der Waals surface area contributed by atoms with E-state index >= 15 is 0 Å². The summed E-state index contributed by atoms with van der Waals surface area (Å²) in [6.07, 6.45) is 4.90. The van der Waals surface area contributed by atoms with Gasteiger partial charge in [-0.3, -0.25) is 33.8 Å². The molecule has 3 N–H and O–H groups in total. The van der Waals surface area contributed by atoms with E-state index in [0.717, 1.165) is 4.90 Å². The van der Waals surface area contributed by atoms with Crippen LogP contribution in [-0.2, 0) is 28.7 Å². The van der Waals surface area contributed by atoms with Crippen LogP contribution in [0.15, 0.2) is 24.0 Å². The number of ether oxygens (including phenoxy) is 1. The van der Waals surface area contributed by atoms with Gasteiger partial charge in [-0.25, -0.2) is 0 Å². The van der Waals surface area contributed by atoms with Gasteiger partial charge in [-0.05, 0) is 57.5 Å². The van der Waals surface area contributed by atoms with Crippen molar-refractivity contribution in [2.75, 3.05) is 21.2 Å². The van der Waals surface area contributed by atoms with Crippen LogP contribution in [0.1, 0.15) is 75.2 Å². The predicted octanol–water partition coefficient (Wildman–Crippen LogP) is 2.62. The molecule has 1 rings (SSSR count). The number of carbonyl (C=O) groups excluding carboxylic acids is 5. The average Bonchev–Trinajstić information content (AvgIpc) is 3.21. The number of likely N-dealkylation sites (N-methyl/N-ethyl adjacent to an activating group) is 1. The van der Waals surface area contributed by atoms with Crippen LogP contribution in [0.25, 0.3) is 0 Å². The summed E-state index contributed by atoms with van der Waals surface area (Å²) in [4.78, 5) is 68.3. The van der Waals surface area contributed by atoms with E-state index in [9.17, 15) is 24.0 Å². The highest BCUT2D eigenvalue weighted by atomic mass is 16.5. The van der Waals surface area contributed by atoms with Gasteiger partial charge in [0.15, 0.2) is 0 Å². The zero-order valence-electron chi connectivity index (χ0n) is 28.2. The molecule has 11 heteroatoms. The molecule has 0 unspecified atom stereocenters. The molecule has 244 valence electrons. The Morgan fingerprint density at radius 1 is 0.860 bits per heavy atom. The van der Waals surface area contributed by atoms with Crippen molar-refractivity contribution >= 4 is 29.5 Å². The highest BCUT2D eigenvalue weighted by molar-refractivity contribution is 6.07. The Hall–Kier alpha value is -3.21. The molecule has 0 spiro atoms. The monoisotopic (exact) mass is 605 g/mol. The summed E-state index contributed by atoms with van der Waals surface area (Å²) in [5, 5.41) is 8.62. The molecule has 11 nitrogen and oxygen atoms in total. The second-order valence-corrected chi connectivity index (χ2v) is 13.2. The average molecular weight is 606 g/mol. The molecule has 0 fully saturated rings. The number of rotatable bonds is 16. The van der Waals surface area contributed by atoms with Crippen LogP contribution >= 0.6 is 0 Å². The lowest BCUT2D eigenvalue weighted by molar-refractivity contribution is -0.140. The minimum absolute atomic E-state index is 0.0387. The first kappa shape index (κ1) is 37.8. The van der Waals surface area contributed by atoms with Crippen molar-refractivity contribution in [1.82, 2.24) is 25.8 Å². The molecule has 0 aromatic heterocycles. The highest BCUT2D eigenvalue weighted by Gasteiger charge is 2.39. The molecular formula is C32H55N5O6. The number of imide groups is 1. The van der Waals surface area contributed by atoms with E-state index in [1.165, 1.54) is 25.3 Å². The number of nitrogens with one attached hydrogen (secondary N) is 3. The summed E-state index contributed by atoms with van der Waals surface area (Å²) in [7, 11) is 5.12. The number of methoxy groups -OCH3 is 1. The van der Waals surface area contributed by atoms with Crippen molar-refractivity contribution < 1.29 is 28.7 Å². The first-order valence-electron chi connectivity index (χ1n) is 15.3. The van der Waals surface area contributed by atoms with Gasteiger partial charge in [-0.15, -0.1) is 0 Å². The Balaban J connectivity index is 3.02. The molecular weight excluding hydrogens is 550 g/mol. The molecule has 0 bridgehead atoms. The van der Waals surface area contributed by atoms with E-state index < -0.39 is 53.8 Å². The molecule has 0 aromatic carbocycles. The van der Waals surface area contributed by atoms with E-state index in [0.29, 0.717) is 18.6 Å². The minimum Gasteiger partial charge on any atom is -0.499 e. The highest BCUT2D eigenvalue weighted by Crippen LogP contribution is 2.26. The van der Waals surface area contributed by atoms with Crippen molar-refractivity contribution in [2.24, 2.45) is 23.7 Å². The van der Waals surface area contributed by atoms with Crippen molar-refractivity contribution in [3.8, 4) is 0 Å². The Kier molecular flexibility index (Phi) is 15.1. The third-order valence-corrected chi connectivity index (χ3v) is 7.21. The Labute approximate surface area is 258 Å². The van der Waals surface area contributed by atoms with E-state index in [1.807, 2.05) is 74.4 Å². The van der Waals surface area contributed by atoms with E-state index in [1.54, 1.807) is 6.92 Å². The lowest BCUT2D eigenvalue weighted by atomic mass is 9.98. The standard InChI is InChI=1S/C32H55N5O6/c1-18(2)15-23(34-31(41)24(16-19(3)4)35-32(42)29(21(7)8)36(10)11)30(40)33-22(9)13-14-26(38)37-27(39)17-25(43-12)28(37)20(5)6/h13-14,17-24,28-29H,15-16H2,1-12H3,(H,33,40)(H,34,41)(H,35,42)/b14-13+/t22-,23-,24-,28-,29-/m0/s1. The van der Waals surface area contributed by atoms with Gasteiger partial charge in [-0.1, -0.05) is 61.5 Å². The number of nitrogens with zero attached hydrogens (tertiary/aromatic N) is 2. The summed E-state index contributed by atoms with van der Waals surface area (Å²) in [5.74, 6) is -1.38. The lowest BCUT2D eigenvalue weighted by Crippen LogP contribution is -2.57. The van der Waals surface area contributed by atoms with Crippen molar-refractivity contribution in [3.63, 3.8) is 0 Å². The summed E-state index contributed by atoms with van der Waals surface area (Å²) in [6, 6.07) is -3.12. The predicted molar refractivity (Wildman–Crippen MR) is 167 cm³/mol. The summed E-state index contributed by atoms with van der Waals surface area (Å²) in [5.41, 5.74) is 0. The van der Waals surface area contributed by atoms with Crippen LogP contribution in [0.3, 0.4) is 0 Å². The van der Waals surface area contributed by atoms with Crippen LogP contribution in [0.5, 0.6) is 0 Å². The molecule has 5 amide bonds. The van der Waals surface area contributed by atoms with Gasteiger partial charge in [0, 0.05) is 18.2 Å². The normalized spacial score (nSPS) is 18.3. The molecule has 0 saturated heterocycles. The number of hydrogen-bond acceptors (Lipinski definition) is 7. The van der Waals surface area contributed by atoms with Gasteiger partial charge in [-0.2, -0.15) is 0 Å². The fourth-order valence-corrected chi connectivity index (χ4v) is 5.34. The topological polar surface area (TPSA) is 137 Å². The molecule has 43 heavy (non-hydrogen) atoms. The molecule has 0 radical (unpaired) electrons. The molecule has 0 aliphatic carbocycles. The first-order valence-corrected chi connectivity index (χ1v) is 15.3. The molecule has 0 aromatic rings. The van der Waals surface area contributed by atoms with Gasteiger partial charge in [0.25, 0.3) is 11.8 Å². The molecule has 1 aliphatic heterocycles. The smallest absolute Gasteiger partial charge is 0.257 e. The Morgan fingerprint density at radius 3 is 1.77 bits per heavy atom. The van der Waals surface area contributed by atoms with Crippen molar-refractivity contribution in [1.29, 1.82) is 0 Å². The number of hydrogen-bond donors (Lipinski definition) is 3. The largest absolute Gasteiger partial charge is 0.499 e. The lowest BCUT2D eigenvalue weighted by Gasteiger charge is -2.30. The van der Waals surface area contributed by atoms with E-state index in [2.05, 4.69) is 16.0 Å². The van der Waals surface area contributed by atoms with E-state index in [4.69, 9.17) is 4.74 Å². The summed E-state index contributed by atoms with van der Waals surface area (Å²) < 4.78 is 5.30.